The summed E-state index contributed by atoms with van der Waals surface area (Å²) < 4.78 is 28.8. The van der Waals surface area contributed by atoms with E-state index < -0.39 is 10.0 Å². The fourth-order valence-electron chi connectivity index (χ4n) is 2.62. The Kier molecular flexibility index (Phi) is 4.05. The molecule has 1 aliphatic carbocycles. The maximum absolute atomic E-state index is 12.6. The number of benzene rings is 1. The number of rotatable bonds is 6. The number of hydrogen-bond donors (Lipinski definition) is 2. The topological polar surface area (TPSA) is 66.4 Å². The molecule has 1 aliphatic rings. The Balaban J connectivity index is 1.93. The molecule has 2 N–H and O–H groups in total. The fraction of sp³-hybridized carbons (Fsp3) is 0.467. The standard InChI is InChI=1S/C15H19NO3S2/c1-10(11-6-7-11)8-16-21(18,19)15-12-4-2-3-5-13(12)20-14(15)9-17/h2-5,10-11,16-17H,6-9H2,1H3. The van der Waals surface area contributed by atoms with E-state index in [0.29, 0.717) is 28.6 Å². The summed E-state index contributed by atoms with van der Waals surface area (Å²) in [6, 6.07) is 7.37. The Hall–Kier alpha value is -0.950. The van der Waals surface area contributed by atoms with Crippen LogP contribution in [0.25, 0.3) is 10.1 Å². The molecular weight excluding hydrogens is 306 g/mol. The number of hydrogen-bond acceptors (Lipinski definition) is 4. The minimum Gasteiger partial charge on any atom is -0.391 e. The van der Waals surface area contributed by atoms with E-state index in [1.807, 2.05) is 18.2 Å². The van der Waals surface area contributed by atoms with Gasteiger partial charge in [-0.15, -0.1) is 11.3 Å². The summed E-state index contributed by atoms with van der Waals surface area (Å²) >= 11 is 1.33. The molecule has 0 radical (unpaired) electrons. The predicted molar refractivity (Wildman–Crippen MR) is 84.8 cm³/mol. The molecule has 1 atom stereocenters. The maximum atomic E-state index is 12.6. The summed E-state index contributed by atoms with van der Waals surface area (Å²) in [4.78, 5) is 0.747. The lowest BCUT2D eigenvalue weighted by molar-refractivity contribution is 0.283. The van der Waals surface area contributed by atoms with Crippen molar-refractivity contribution < 1.29 is 13.5 Å². The zero-order valence-electron chi connectivity index (χ0n) is 11.9. The molecule has 3 rings (SSSR count). The molecule has 0 bridgehead atoms. The van der Waals surface area contributed by atoms with Crippen LogP contribution in [0.2, 0.25) is 0 Å². The minimum absolute atomic E-state index is 0.244. The lowest BCUT2D eigenvalue weighted by Crippen LogP contribution is -2.29. The number of aliphatic hydroxyl groups excluding tert-OH is 1. The molecule has 1 aromatic heterocycles. The van der Waals surface area contributed by atoms with Crippen molar-refractivity contribution in [3.8, 4) is 0 Å². The van der Waals surface area contributed by atoms with Gasteiger partial charge in [0.2, 0.25) is 10.0 Å². The summed E-state index contributed by atoms with van der Waals surface area (Å²) in [5, 5.41) is 10.2. The molecule has 1 unspecified atom stereocenters. The van der Waals surface area contributed by atoms with Gasteiger partial charge in [0, 0.05) is 16.6 Å². The van der Waals surface area contributed by atoms with Gasteiger partial charge in [-0.05, 0) is 30.7 Å². The van der Waals surface area contributed by atoms with Gasteiger partial charge in [-0.3, -0.25) is 0 Å². The number of nitrogens with one attached hydrogen (secondary N) is 1. The Morgan fingerprint density at radius 3 is 2.76 bits per heavy atom. The third-order valence-electron chi connectivity index (χ3n) is 4.05. The van der Waals surface area contributed by atoms with Crippen molar-refractivity contribution in [2.24, 2.45) is 11.8 Å². The van der Waals surface area contributed by atoms with Crippen molar-refractivity contribution in [3.05, 3.63) is 29.1 Å². The second-order valence-electron chi connectivity index (χ2n) is 5.68. The summed E-state index contributed by atoms with van der Waals surface area (Å²) in [6.45, 7) is 2.29. The Morgan fingerprint density at radius 1 is 1.38 bits per heavy atom. The number of thiophene rings is 1. The first-order valence-electron chi connectivity index (χ1n) is 7.14. The third kappa shape index (κ3) is 2.99. The molecule has 4 nitrogen and oxygen atoms in total. The van der Waals surface area contributed by atoms with Gasteiger partial charge in [0.05, 0.1) is 11.5 Å². The molecule has 0 spiro atoms. The molecule has 21 heavy (non-hydrogen) atoms. The maximum Gasteiger partial charge on any atom is 0.242 e. The SMILES string of the molecule is CC(CNS(=O)(=O)c1c(CO)sc2ccccc12)C1CC1. The molecule has 1 saturated carbocycles. The molecule has 114 valence electrons. The van der Waals surface area contributed by atoms with Gasteiger partial charge in [0.25, 0.3) is 0 Å². The van der Waals surface area contributed by atoms with Crippen LogP contribution in [0, 0.1) is 11.8 Å². The molecule has 2 aromatic rings. The van der Waals surface area contributed by atoms with Crippen LogP contribution in [-0.2, 0) is 16.6 Å². The minimum atomic E-state index is -3.59. The van der Waals surface area contributed by atoms with Gasteiger partial charge in [0.15, 0.2) is 0 Å². The van der Waals surface area contributed by atoms with E-state index >= 15 is 0 Å². The average Bonchev–Trinajstić information content (AvgIpc) is 3.24. The van der Waals surface area contributed by atoms with Crippen LogP contribution in [0.1, 0.15) is 24.6 Å². The van der Waals surface area contributed by atoms with Gasteiger partial charge in [-0.25, -0.2) is 13.1 Å². The van der Waals surface area contributed by atoms with E-state index in [0.717, 1.165) is 4.70 Å². The van der Waals surface area contributed by atoms with Crippen molar-refractivity contribution in [3.63, 3.8) is 0 Å². The molecular formula is C15H19NO3S2. The zero-order valence-corrected chi connectivity index (χ0v) is 13.5. The van der Waals surface area contributed by atoms with Crippen LogP contribution in [0.3, 0.4) is 0 Å². The summed E-state index contributed by atoms with van der Waals surface area (Å²) in [5.41, 5.74) is 0. The van der Waals surface area contributed by atoms with Crippen molar-refractivity contribution in [2.45, 2.75) is 31.3 Å². The average molecular weight is 325 g/mol. The largest absolute Gasteiger partial charge is 0.391 e. The molecule has 1 heterocycles. The molecule has 0 aliphatic heterocycles. The van der Waals surface area contributed by atoms with Gasteiger partial charge in [0.1, 0.15) is 4.90 Å². The van der Waals surface area contributed by atoms with Crippen molar-refractivity contribution >= 4 is 31.4 Å². The Bertz CT molecular complexity index is 747. The number of fused-ring (bicyclic) bond motifs is 1. The number of sulfonamides is 1. The molecule has 0 saturated heterocycles. The van der Waals surface area contributed by atoms with E-state index in [2.05, 4.69) is 11.6 Å². The third-order valence-corrected chi connectivity index (χ3v) is 6.89. The summed E-state index contributed by atoms with van der Waals surface area (Å²) in [5.74, 6) is 1.02. The highest BCUT2D eigenvalue weighted by molar-refractivity contribution is 7.90. The monoisotopic (exact) mass is 325 g/mol. The summed E-state index contributed by atoms with van der Waals surface area (Å²) in [7, 11) is -3.59. The first kappa shape index (κ1) is 15.0. The second kappa shape index (κ2) is 5.68. The summed E-state index contributed by atoms with van der Waals surface area (Å²) in [6.07, 6.45) is 2.40. The van der Waals surface area contributed by atoms with Crippen molar-refractivity contribution in [2.75, 3.05) is 6.54 Å². The van der Waals surface area contributed by atoms with E-state index in [-0.39, 0.29) is 11.5 Å². The first-order chi connectivity index (χ1) is 10.0. The Morgan fingerprint density at radius 2 is 2.10 bits per heavy atom. The van der Waals surface area contributed by atoms with E-state index in [4.69, 9.17) is 0 Å². The smallest absolute Gasteiger partial charge is 0.242 e. The lowest BCUT2D eigenvalue weighted by Gasteiger charge is -2.12. The molecule has 0 amide bonds. The van der Waals surface area contributed by atoms with Gasteiger partial charge >= 0.3 is 0 Å². The van der Waals surface area contributed by atoms with E-state index in [1.54, 1.807) is 6.07 Å². The van der Waals surface area contributed by atoms with Gasteiger partial charge in [-0.2, -0.15) is 0 Å². The highest BCUT2D eigenvalue weighted by Crippen LogP contribution is 2.37. The van der Waals surface area contributed by atoms with E-state index in [1.165, 1.54) is 24.2 Å². The van der Waals surface area contributed by atoms with Crippen LogP contribution in [0.4, 0.5) is 0 Å². The van der Waals surface area contributed by atoms with Crippen LogP contribution in [-0.4, -0.2) is 20.1 Å². The quantitative estimate of drug-likeness (QED) is 0.858. The highest BCUT2D eigenvalue weighted by Gasteiger charge is 2.30. The van der Waals surface area contributed by atoms with Crippen LogP contribution >= 0.6 is 11.3 Å². The van der Waals surface area contributed by atoms with Crippen molar-refractivity contribution in [1.29, 1.82) is 0 Å². The first-order valence-corrected chi connectivity index (χ1v) is 9.44. The predicted octanol–water partition coefficient (Wildman–Crippen LogP) is 2.72. The zero-order chi connectivity index (χ0) is 15.0. The van der Waals surface area contributed by atoms with E-state index in [9.17, 15) is 13.5 Å². The van der Waals surface area contributed by atoms with Gasteiger partial charge in [-0.1, -0.05) is 25.1 Å². The number of aliphatic hydroxyl groups is 1. The fourth-order valence-corrected chi connectivity index (χ4v) is 5.55. The van der Waals surface area contributed by atoms with Crippen LogP contribution in [0.5, 0.6) is 0 Å². The van der Waals surface area contributed by atoms with Crippen LogP contribution in [0.15, 0.2) is 29.2 Å². The second-order valence-corrected chi connectivity index (χ2v) is 8.52. The molecule has 1 fully saturated rings. The Labute approximate surface area is 128 Å². The van der Waals surface area contributed by atoms with Crippen LogP contribution < -0.4 is 4.72 Å². The molecule has 6 heteroatoms. The highest BCUT2D eigenvalue weighted by atomic mass is 32.2. The van der Waals surface area contributed by atoms with Crippen molar-refractivity contribution in [1.82, 2.24) is 4.72 Å². The molecule has 1 aromatic carbocycles. The normalized spacial score (nSPS) is 17.2. The van der Waals surface area contributed by atoms with Gasteiger partial charge < -0.3 is 5.11 Å². The lowest BCUT2D eigenvalue weighted by atomic mass is 10.1.